The van der Waals surface area contributed by atoms with Gasteiger partial charge in [-0.05, 0) is 30.7 Å². The van der Waals surface area contributed by atoms with Gasteiger partial charge in [0.1, 0.15) is 0 Å². The summed E-state index contributed by atoms with van der Waals surface area (Å²) < 4.78 is 0. The normalized spacial score (nSPS) is 22.9. The number of benzene rings is 1. The summed E-state index contributed by atoms with van der Waals surface area (Å²) in [5.41, 5.74) is 3.39. The smallest absolute Gasteiger partial charge is 0.176 e. The first-order chi connectivity index (χ1) is 8.15. The molecule has 1 nitrogen and oxygen atoms in total. The van der Waals surface area contributed by atoms with Crippen molar-refractivity contribution in [2.45, 2.75) is 44.8 Å². The van der Waals surface area contributed by atoms with E-state index in [1.807, 2.05) is 11.8 Å². The lowest BCUT2D eigenvalue weighted by Crippen LogP contribution is -2.15. The molecule has 2 atom stereocenters. The first-order valence-corrected chi connectivity index (χ1v) is 7.46. The molecule has 0 bridgehead atoms. The molecular formula is C15H20OS. The van der Waals surface area contributed by atoms with Crippen molar-refractivity contribution in [2.75, 3.05) is 5.75 Å². The molecule has 0 spiro atoms. The van der Waals surface area contributed by atoms with E-state index in [0.717, 1.165) is 11.3 Å². The van der Waals surface area contributed by atoms with Crippen LogP contribution in [0.2, 0.25) is 0 Å². The van der Waals surface area contributed by atoms with E-state index >= 15 is 0 Å². The van der Waals surface area contributed by atoms with Gasteiger partial charge in [-0.25, -0.2) is 0 Å². The Labute approximate surface area is 108 Å². The summed E-state index contributed by atoms with van der Waals surface area (Å²) in [5, 5.41) is 0.151. The van der Waals surface area contributed by atoms with Gasteiger partial charge in [0.25, 0.3) is 0 Å². The number of thioether (sulfide) groups is 1. The third-order valence-corrected chi connectivity index (χ3v) is 4.98. The van der Waals surface area contributed by atoms with Crippen LogP contribution in [0.1, 0.15) is 54.1 Å². The number of aryl methyl sites for hydroxylation is 1. The lowest BCUT2D eigenvalue weighted by molar-refractivity contribution is 0.0996. The average molecular weight is 248 g/mol. The van der Waals surface area contributed by atoms with Gasteiger partial charge in [-0.3, -0.25) is 4.79 Å². The molecule has 0 N–H and O–H groups in total. The van der Waals surface area contributed by atoms with Crippen LogP contribution in [0, 0.1) is 6.92 Å². The van der Waals surface area contributed by atoms with E-state index < -0.39 is 0 Å². The molecule has 92 valence electrons. The number of hydrogen-bond donors (Lipinski definition) is 0. The van der Waals surface area contributed by atoms with Crippen LogP contribution in [0.25, 0.3) is 0 Å². The lowest BCUT2D eigenvalue weighted by Gasteiger charge is -2.13. The molecule has 0 aliphatic heterocycles. The Hall–Kier alpha value is -0.760. The molecule has 2 rings (SSSR count). The number of unbranched alkanes of at least 4 members (excludes halogenated alkanes) is 1. The summed E-state index contributed by atoms with van der Waals surface area (Å²) >= 11 is 1.84. The summed E-state index contributed by atoms with van der Waals surface area (Å²) in [6.45, 7) is 6.43. The first-order valence-electron chi connectivity index (χ1n) is 6.41. The van der Waals surface area contributed by atoms with E-state index in [1.165, 1.54) is 24.0 Å². The second-order valence-corrected chi connectivity index (χ2v) is 6.14. The summed E-state index contributed by atoms with van der Waals surface area (Å²) in [5.74, 6) is 1.82. The van der Waals surface area contributed by atoms with Crippen LogP contribution in [0.15, 0.2) is 18.2 Å². The molecular weight excluding hydrogens is 228 g/mol. The molecule has 2 unspecified atom stereocenters. The molecule has 1 aliphatic carbocycles. The van der Waals surface area contributed by atoms with Crippen LogP contribution < -0.4 is 0 Å². The van der Waals surface area contributed by atoms with Crippen molar-refractivity contribution in [1.29, 1.82) is 0 Å². The lowest BCUT2D eigenvalue weighted by atomic mass is 10.0. The quantitative estimate of drug-likeness (QED) is 0.743. The van der Waals surface area contributed by atoms with Crippen molar-refractivity contribution in [2.24, 2.45) is 0 Å². The Kier molecular flexibility index (Phi) is 3.93. The third-order valence-electron chi connectivity index (χ3n) is 3.47. The minimum atomic E-state index is 0.151. The first kappa shape index (κ1) is 12.7. The highest BCUT2D eigenvalue weighted by atomic mass is 32.2. The SMILES string of the molecule is CCCCSC1C(=O)c2cc(C)ccc2C1C. The molecule has 17 heavy (non-hydrogen) atoms. The van der Waals surface area contributed by atoms with Crippen LogP contribution in [0.5, 0.6) is 0 Å². The third kappa shape index (κ3) is 2.42. The number of fused-ring (bicyclic) bond motifs is 1. The van der Waals surface area contributed by atoms with Crippen LogP contribution >= 0.6 is 11.8 Å². The van der Waals surface area contributed by atoms with Gasteiger partial charge in [0.15, 0.2) is 5.78 Å². The predicted octanol–water partition coefficient (Wildman–Crippen LogP) is 4.20. The number of hydrogen-bond acceptors (Lipinski definition) is 2. The predicted molar refractivity (Wildman–Crippen MR) is 75.1 cm³/mol. The highest BCUT2D eigenvalue weighted by Crippen LogP contribution is 2.40. The largest absolute Gasteiger partial charge is 0.293 e. The Morgan fingerprint density at radius 1 is 1.35 bits per heavy atom. The fraction of sp³-hybridized carbons (Fsp3) is 0.533. The average Bonchev–Trinajstić information content (AvgIpc) is 2.54. The summed E-state index contributed by atoms with van der Waals surface area (Å²) in [6.07, 6.45) is 2.41. The molecule has 2 heteroatoms. The molecule has 0 amide bonds. The molecule has 0 heterocycles. The minimum Gasteiger partial charge on any atom is -0.293 e. The maximum absolute atomic E-state index is 12.3. The number of carbonyl (C=O) groups excluding carboxylic acids is 1. The maximum Gasteiger partial charge on any atom is 0.176 e. The zero-order chi connectivity index (χ0) is 12.4. The van der Waals surface area contributed by atoms with E-state index in [4.69, 9.17) is 0 Å². The minimum absolute atomic E-state index is 0.151. The fourth-order valence-electron chi connectivity index (χ4n) is 2.40. The standard InChI is InChI=1S/C15H20OS/c1-4-5-8-17-15-11(3)12-7-6-10(2)9-13(12)14(15)16/h6-7,9,11,15H,4-5,8H2,1-3H3. The monoisotopic (exact) mass is 248 g/mol. The van der Waals surface area contributed by atoms with E-state index in [9.17, 15) is 4.79 Å². The maximum atomic E-state index is 12.3. The van der Waals surface area contributed by atoms with Gasteiger partial charge < -0.3 is 0 Å². The van der Waals surface area contributed by atoms with Gasteiger partial charge in [-0.1, -0.05) is 38.0 Å². The summed E-state index contributed by atoms with van der Waals surface area (Å²) in [4.78, 5) is 12.3. The van der Waals surface area contributed by atoms with Gasteiger partial charge in [0.2, 0.25) is 0 Å². The second kappa shape index (κ2) is 5.26. The van der Waals surface area contributed by atoms with Crippen LogP contribution in [-0.4, -0.2) is 16.8 Å². The zero-order valence-corrected chi connectivity index (χ0v) is 11.6. The number of carbonyl (C=O) groups is 1. The fourth-order valence-corrected chi connectivity index (χ4v) is 3.82. The number of Topliss-reactive ketones (excluding diaryl/α,β-unsaturated/α-hetero) is 1. The molecule has 1 aliphatic rings. The highest BCUT2D eigenvalue weighted by molar-refractivity contribution is 8.00. The Morgan fingerprint density at radius 3 is 2.82 bits per heavy atom. The van der Waals surface area contributed by atoms with Gasteiger partial charge >= 0.3 is 0 Å². The topological polar surface area (TPSA) is 17.1 Å². The Bertz CT molecular complexity index is 425. The zero-order valence-electron chi connectivity index (χ0n) is 10.8. The molecule has 1 aromatic carbocycles. The van der Waals surface area contributed by atoms with Gasteiger partial charge in [0.05, 0.1) is 5.25 Å². The van der Waals surface area contributed by atoms with Gasteiger partial charge in [-0.2, -0.15) is 0 Å². The van der Waals surface area contributed by atoms with E-state index in [-0.39, 0.29) is 5.25 Å². The molecule has 1 aromatic rings. The van der Waals surface area contributed by atoms with E-state index in [2.05, 4.69) is 39.0 Å². The van der Waals surface area contributed by atoms with Crippen molar-refractivity contribution < 1.29 is 4.79 Å². The van der Waals surface area contributed by atoms with Crippen LogP contribution in [0.4, 0.5) is 0 Å². The molecule has 0 aromatic heterocycles. The Morgan fingerprint density at radius 2 is 2.12 bits per heavy atom. The summed E-state index contributed by atoms with van der Waals surface area (Å²) in [6, 6.07) is 6.30. The van der Waals surface area contributed by atoms with Crippen LogP contribution in [-0.2, 0) is 0 Å². The Balaban J connectivity index is 2.17. The van der Waals surface area contributed by atoms with Crippen molar-refractivity contribution in [3.8, 4) is 0 Å². The molecule has 0 saturated heterocycles. The van der Waals surface area contributed by atoms with Gasteiger partial charge in [-0.15, -0.1) is 11.8 Å². The highest BCUT2D eigenvalue weighted by Gasteiger charge is 2.36. The second-order valence-electron chi connectivity index (χ2n) is 4.89. The number of ketones is 1. The van der Waals surface area contributed by atoms with E-state index in [0.29, 0.717) is 11.7 Å². The molecule has 0 saturated carbocycles. The molecule has 0 radical (unpaired) electrons. The van der Waals surface area contributed by atoms with Crippen molar-refractivity contribution in [1.82, 2.24) is 0 Å². The van der Waals surface area contributed by atoms with E-state index in [1.54, 1.807) is 0 Å². The summed E-state index contributed by atoms with van der Waals surface area (Å²) in [7, 11) is 0. The van der Waals surface area contributed by atoms with Crippen molar-refractivity contribution in [3.63, 3.8) is 0 Å². The van der Waals surface area contributed by atoms with Gasteiger partial charge in [0, 0.05) is 11.5 Å². The van der Waals surface area contributed by atoms with Crippen LogP contribution in [0.3, 0.4) is 0 Å². The van der Waals surface area contributed by atoms with Crippen molar-refractivity contribution in [3.05, 3.63) is 34.9 Å². The molecule has 0 fully saturated rings. The number of rotatable bonds is 4. The van der Waals surface area contributed by atoms with Crippen molar-refractivity contribution >= 4 is 17.5 Å².